The Hall–Kier alpha value is -3.10. The molecule has 3 saturated heterocycles. The van der Waals surface area contributed by atoms with Crippen molar-refractivity contribution in [2.75, 3.05) is 37.6 Å². The lowest BCUT2D eigenvalue weighted by Crippen LogP contribution is -2.61. The van der Waals surface area contributed by atoms with Crippen LogP contribution in [0.1, 0.15) is 23.3 Å². The van der Waals surface area contributed by atoms with Crippen LogP contribution >= 0.6 is 0 Å². The summed E-state index contributed by atoms with van der Waals surface area (Å²) in [5, 5.41) is 0. The molecule has 2 aromatic rings. The number of hydrogen-bond donors (Lipinski definition) is 0. The third-order valence-corrected chi connectivity index (χ3v) is 6.61. The number of carbonyl (C=O) groups is 2. The van der Waals surface area contributed by atoms with Crippen molar-refractivity contribution >= 4 is 17.8 Å². The molecule has 158 valence electrons. The van der Waals surface area contributed by atoms with Gasteiger partial charge in [-0.15, -0.1) is 0 Å². The number of carbonyl (C=O) groups excluding carboxylic acids is 2. The van der Waals surface area contributed by atoms with Crippen LogP contribution in [-0.4, -0.2) is 75.7 Å². The molecule has 0 bridgehead atoms. The topological polar surface area (TPSA) is 70.9 Å². The minimum atomic E-state index is -0.610. The number of amides is 2. The van der Waals surface area contributed by atoms with E-state index in [0.29, 0.717) is 51.3 Å². The maximum Gasteiger partial charge on any atom is 0.410 e. The molecule has 1 unspecified atom stereocenters. The number of rotatable bonds is 2. The van der Waals surface area contributed by atoms with E-state index in [1.807, 2.05) is 34.8 Å². The van der Waals surface area contributed by atoms with Crippen LogP contribution in [0.25, 0.3) is 0 Å². The summed E-state index contributed by atoms with van der Waals surface area (Å²) >= 11 is 0. The Bertz CT molecular complexity index is 967. The third-order valence-electron chi connectivity index (χ3n) is 6.61. The molecule has 5 rings (SSSR count). The monoisotopic (exact) mass is 413 g/mol. The molecule has 30 heavy (non-hydrogen) atoms. The first-order chi connectivity index (χ1) is 14.5. The Balaban J connectivity index is 1.32. The van der Waals surface area contributed by atoms with E-state index in [1.165, 1.54) is 12.3 Å². The zero-order chi connectivity index (χ0) is 20.9. The van der Waals surface area contributed by atoms with Crippen LogP contribution in [0.2, 0.25) is 0 Å². The van der Waals surface area contributed by atoms with Gasteiger partial charge >= 0.3 is 6.09 Å². The summed E-state index contributed by atoms with van der Waals surface area (Å²) in [6.07, 6.45) is 4.06. The van der Waals surface area contributed by atoms with Crippen LogP contribution in [0, 0.1) is 5.82 Å². The summed E-state index contributed by atoms with van der Waals surface area (Å²) in [6, 6.07) is 6.58. The molecule has 3 aliphatic rings. The smallest absolute Gasteiger partial charge is 0.410 e. The van der Waals surface area contributed by atoms with E-state index >= 15 is 0 Å². The molecule has 1 atom stereocenters. The average Bonchev–Trinajstić information content (AvgIpc) is 3.30. The molecule has 0 radical (unpaired) electrons. The van der Waals surface area contributed by atoms with Gasteiger partial charge < -0.3 is 19.1 Å². The lowest BCUT2D eigenvalue weighted by molar-refractivity contribution is -0.00335. The number of piperidine rings is 1. The van der Waals surface area contributed by atoms with Crippen LogP contribution in [0.5, 0.6) is 0 Å². The SMILES string of the molecule is Cn1cccc1C(=O)N1CCN2C(=O)OC3(CCN(c4ccc(F)cn4)CC3)C2C1. The second-order valence-electron chi connectivity index (χ2n) is 8.22. The van der Waals surface area contributed by atoms with Gasteiger partial charge in [0.25, 0.3) is 5.91 Å². The zero-order valence-electron chi connectivity index (χ0n) is 16.8. The highest BCUT2D eigenvalue weighted by molar-refractivity contribution is 5.93. The summed E-state index contributed by atoms with van der Waals surface area (Å²) < 4.78 is 20.9. The summed E-state index contributed by atoms with van der Waals surface area (Å²) in [5.74, 6) is 0.332. The van der Waals surface area contributed by atoms with Gasteiger partial charge in [0.1, 0.15) is 22.9 Å². The number of nitrogens with zero attached hydrogens (tertiary/aromatic N) is 5. The number of anilines is 1. The van der Waals surface area contributed by atoms with Crippen molar-refractivity contribution in [3.8, 4) is 0 Å². The summed E-state index contributed by atoms with van der Waals surface area (Å²) in [5.41, 5.74) is 0.0285. The standard InChI is InChI=1S/C21H24FN5O3/c1-24-8-2-3-16(24)19(28)26-11-12-27-17(14-26)21(30-20(27)29)6-9-25(10-7-21)18-5-4-15(22)13-23-18/h2-5,8,13,17H,6-7,9-12,14H2,1H3. The van der Waals surface area contributed by atoms with Gasteiger partial charge in [-0.1, -0.05) is 0 Å². The molecule has 3 fully saturated rings. The number of ether oxygens (including phenoxy) is 1. The average molecular weight is 413 g/mol. The molecule has 0 saturated carbocycles. The Morgan fingerprint density at radius 1 is 1.20 bits per heavy atom. The maximum absolute atomic E-state index is 13.2. The van der Waals surface area contributed by atoms with Crippen LogP contribution in [-0.2, 0) is 11.8 Å². The normalized spacial score (nSPS) is 22.9. The number of fused-ring (bicyclic) bond motifs is 2. The van der Waals surface area contributed by atoms with Crippen molar-refractivity contribution in [1.82, 2.24) is 19.4 Å². The number of aromatic nitrogens is 2. The van der Waals surface area contributed by atoms with E-state index in [-0.39, 0.29) is 23.9 Å². The number of halogens is 1. The van der Waals surface area contributed by atoms with Crippen LogP contribution in [0.4, 0.5) is 15.0 Å². The molecule has 2 aromatic heterocycles. The van der Waals surface area contributed by atoms with E-state index in [4.69, 9.17) is 4.74 Å². The van der Waals surface area contributed by atoms with E-state index in [9.17, 15) is 14.0 Å². The summed E-state index contributed by atoms with van der Waals surface area (Å²) in [4.78, 5) is 35.4. The molecular weight excluding hydrogens is 389 g/mol. The van der Waals surface area contributed by atoms with Gasteiger partial charge in [0.2, 0.25) is 0 Å². The van der Waals surface area contributed by atoms with Gasteiger partial charge in [0.05, 0.1) is 12.2 Å². The fourth-order valence-corrected chi connectivity index (χ4v) is 4.89. The highest BCUT2D eigenvalue weighted by atomic mass is 19.1. The van der Waals surface area contributed by atoms with Gasteiger partial charge in [-0.3, -0.25) is 9.69 Å². The molecule has 0 aromatic carbocycles. The molecule has 5 heterocycles. The van der Waals surface area contributed by atoms with Crippen molar-refractivity contribution in [2.45, 2.75) is 24.5 Å². The largest absolute Gasteiger partial charge is 0.440 e. The number of piperazine rings is 1. The number of pyridine rings is 1. The Labute approximate surface area is 173 Å². The molecule has 1 spiro atoms. The first kappa shape index (κ1) is 18.9. The van der Waals surface area contributed by atoms with Gasteiger partial charge in [-0.05, 0) is 24.3 Å². The van der Waals surface area contributed by atoms with Gasteiger partial charge in [-0.2, -0.15) is 0 Å². The van der Waals surface area contributed by atoms with E-state index in [0.717, 1.165) is 5.82 Å². The highest BCUT2D eigenvalue weighted by Gasteiger charge is 2.57. The maximum atomic E-state index is 13.2. The molecule has 2 amide bonds. The quantitative estimate of drug-likeness (QED) is 0.752. The fraction of sp³-hybridized carbons (Fsp3) is 0.476. The number of hydrogen-bond acceptors (Lipinski definition) is 5. The van der Waals surface area contributed by atoms with Gasteiger partial charge in [0, 0.05) is 58.8 Å². The van der Waals surface area contributed by atoms with Crippen LogP contribution < -0.4 is 4.90 Å². The van der Waals surface area contributed by atoms with E-state index in [1.54, 1.807) is 11.0 Å². The van der Waals surface area contributed by atoms with E-state index < -0.39 is 5.60 Å². The second-order valence-corrected chi connectivity index (χ2v) is 8.22. The van der Waals surface area contributed by atoms with Crippen molar-refractivity contribution in [3.05, 3.63) is 48.2 Å². The molecule has 9 heteroatoms. The highest BCUT2D eigenvalue weighted by Crippen LogP contribution is 2.41. The van der Waals surface area contributed by atoms with Gasteiger partial charge in [-0.25, -0.2) is 14.2 Å². The fourth-order valence-electron chi connectivity index (χ4n) is 4.89. The zero-order valence-corrected chi connectivity index (χ0v) is 16.8. The Morgan fingerprint density at radius 3 is 2.67 bits per heavy atom. The summed E-state index contributed by atoms with van der Waals surface area (Å²) in [7, 11) is 1.85. The van der Waals surface area contributed by atoms with E-state index in [2.05, 4.69) is 9.88 Å². The molecule has 0 aliphatic carbocycles. The van der Waals surface area contributed by atoms with Crippen molar-refractivity contribution in [2.24, 2.45) is 7.05 Å². The van der Waals surface area contributed by atoms with Crippen molar-refractivity contribution in [1.29, 1.82) is 0 Å². The second kappa shape index (κ2) is 7.00. The van der Waals surface area contributed by atoms with Gasteiger partial charge in [0.15, 0.2) is 0 Å². The first-order valence-corrected chi connectivity index (χ1v) is 10.2. The lowest BCUT2D eigenvalue weighted by Gasteiger charge is -2.45. The van der Waals surface area contributed by atoms with Crippen LogP contribution in [0.15, 0.2) is 36.7 Å². The Kier molecular flexibility index (Phi) is 4.41. The lowest BCUT2D eigenvalue weighted by atomic mass is 9.83. The summed E-state index contributed by atoms with van der Waals surface area (Å²) in [6.45, 7) is 2.75. The Morgan fingerprint density at radius 2 is 2.00 bits per heavy atom. The molecule has 3 aliphatic heterocycles. The predicted octanol–water partition coefficient (Wildman–Crippen LogP) is 1.88. The predicted molar refractivity (Wildman–Crippen MR) is 107 cm³/mol. The molecular formula is C21H24FN5O3. The van der Waals surface area contributed by atoms with Crippen molar-refractivity contribution < 1.29 is 18.7 Å². The first-order valence-electron chi connectivity index (χ1n) is 10.2. The minimum absolute atomic E-state index is 0.0235. The number of aryl methyl sites for hydroxylation is 1. The van der Waals surface area contributed by atoms with Crippen molar-refractivity contribution in [3.63, 3.8) is 0 Å². The molecule has 8 nitrogen and oxygen atoms in total. The third kappa shape index (κ3) is 3.00. The minimum Gasteiger partial charge on any atom is -0.440 e. The molecule has 0 N–H and O–H groups in total. The van der Waals surface area contributed by atoms with Crippen LogP contribution in [0.3, 0.4) is 0 Å².